The van der Waals surface area contributed by atoms with E-state index >= 15 is 0 Å². The SMILES string of the molecule is C[C@@H]1CN(S(=O)(=O)c2c(F)cc(F)cc2Br)C[C@H](C)O1. The third-order valence-corrected chi connectivity index (χ3v) is 5.74. The molecule has 1 aliphatic heterocycles. The second kappa shape index (κ2) is 5.67. The topological polar surface area (TPSA) is 46.6 Å². The van der Waals surface area contributed by atoms with E-state index in [9.17, 15) is 17.2 Å². The molecule has 0 aromatic heterocycles. The highest BCUT2D eigenvalue weighted by atomic mass is 79.9. The van der Waals surface area contributed by atoms with Crippen LogP contribution in [0.25, 0.3) is 0 Å². The zero-order valence-electron chi connectivity index (χ0n) is 10.9. The Morgan fingerprint density at radius 1 is 1.25 bits per heavy atom. The number of rotatable bonds is 2. The Bertz CT molecular complexity index is 590. The van der Waals surface area contributed by atoms with Gasteiger partial charge in [-0.3, -0.25) is 0 Å². The van der Waals surface area contributed by atoms with Gasteiger partial charge in [-0.15, -0.1) is 0 Å². The number of halogens is 3. The number of sulfonamides is 1. The first-order chi connectivity index (χ1) is 9.21. The molecule has 1 saturated heterocycles. The van der Waals surface area contributed by atoms with Crippen LogP contribution in [-0.2, 0) is 14.8 Å². The van der Waals surface area contributed by atoms with Crippen molar-refractivity contribution < 1.29 is 21.9 Å². The fraction of sp³-hybridized carbons (Fsp3) is 0.500. The fourth-order valence-electron chi connectivity index (χ4n) is 2.23. The second-order valence-electron chi connectivity index (χ2n) is 4.78. The van der Waals surface area contributed by atoms with Crippen molar-refractivity contribution in [3.8, 4) is 0 Å². The van der Waals surface area contributed by atoms with Gasteiger partial charge in [0, 0.05) is 23.6 Å². The van der Waals surface area contributed by atoms with Gasteiger partial charge in [-0.2, -0.15) is 4.31 Å². The average Bonchev–Trinajstić information content (AvgIpc) is 2.25. The standard InChI is InChI=1S/C12H14BrF2NO3S/c1-7-5-16(6-8(2)19-7)20(17,18)12-10(13)3-9(14)4-11(12)15/h3-4,7-8H,5-6H2,1-2H3/t7-,8+. The van der Waals surface area contributed by atoms with E-state index in [4.69, 9.17) is 4.74 Å². The Balaban J connectivity index is 2.45. The molecule has 1 aliphatic rings. The molecule has 2 rings (SSSR count). The largest absolute Gasteiger partial charge is 0.373 e. The van der Waals surface area contributed by atoms with Crippen LogP contribution in [-0.4, -0.2) is 38.0 Å². The van der Waals surface area contributed by atoms with Gasteiger partial charge in [-0.25, -0.2) is 17.2 Å². The summed E-state index contributed by atoms with van der Waals surface area (Å²) in [6.45, 7) is 3.76. The lowest BCUT2D eigenvalue weighted by atomic mass is 10.3. The first-order valence-electron chi connectivity index (χ1n) is 6.02. The third kappa shape index (κ3) is 3.03. The molecule has 0 spiro atoms. The van der Waals surface area contributed by atoms with E-state index in [2.05, 4.69) is 15.9 Å². The summed E-state index contributed by atoms with van der Waals surface area (Å²) in [5.74, 6) is -1.94. The van der Waals surface area contributed by atoms with Crippen molar-refractivity contribution in [1.29, 1.82) is 0 Å². The summed E-state index contributed by atoms with van der Waals surface area (Å²) >= 11 is 2.91. The van der Waals surface area contributed by atoms with Crippen LogP contribution >= 0.6 is 15.9 Å². The maximum absolute atomic E-state index is 13.8. The molecular weight excluding hydrogens is 356 g/mol. The fourth-order valence-corrected chi connectivity index (χ4v) is 4.93. The van der Waals surface area contributed by atoms with E-state index in [-0.39, 0.29) is 29.8 Å². The van der Waals surface area contributed by atoms with Gasteiger partial charge in [0.2, 0.25) is 10.0 Å². The van der Waals surface area contributed by atoms with E-state index in [1.54, 1.807) is 13.8 Å². The quantitative estimate of drug-likeness (QED) is 0.804. The Morgan fingerprint density at radius 3 is 2.30 bits per heavy atom. The molecule has 0 N–H and O–H groups in total. The van der Waals surface area contributed by atoms with Crippen LogP contribution in [0, 0.1) is 11.6 Å². The van der Waals surface area contributed by atoms with Gasteiger partial charge >= 0.3 is 0 Å². The molecule has 0 unspecified atom stereocenters. The zero-order valence-corrected chi connectivity index (χ0v) is 13.3. The summed E-state index contributed by atoms with van der Waals surface area (Å²) in [5.41, 5.74) is 0. The number of ether oxygens (including phenoxy) is 1. The van der Waals surface area contributed by atoms with Gasteiger partial charge in [0.1, 0.15) is 16.5 Å². The first-order valence-corrected chi connectivity index (χ1v) is 8.25. The zero-order chi connectivity index (χ0) is 15.1. The number of hydrogen-bond donors (Lipinski definition) is 0. The molecule has 2 atom stereocenters. The van der Waals surface area contributed by atoms with E-state index < -0.39 is 26.6 Å². The Morgan fingerprint density at radius 2 is 1.80 bits per heavy atom. The summed E-state index contributed by atoms with van der Waals surface area (Å²) in [6.07, 6.45) is -0.563. The molecule has 0 aliphatic carbocycles. The Labute approximate surface area is 124 Å². The number of hydrogen-bond acceptors (Lipinski definition) is 3. The summed E-state index contributed by atoms with van der Waals surface area (Å²) in [6, 6.07) is 1.49. The van der Waals surface area contributed by atoms with Crippen molar-refractivity contribution in [3.63, 3.8) is 0 Å². The van der Waals surface area contributed by atoms with Crippen LogP contribution in [0.5, 0.6) is 0 Å². The minimum absolute atomic E-state index is 0.123. The molecule has 0 radical (unpaired) electrons. The molecule has 1 fully saturated rings. The molecular formula is C12H14BrF2NO3S. The van der Waals surface area contributed by atoms with Crippen LogP contribution in [0.2, 0.25) is 0 Å². The predicted molar refractivity (Wildman–Crippen MR) is 72.8 cm³/mol. The maximum atomic E-state index is 13.8. The van der Waals surface area contributed by atoms with Crippen molar-refractivity contribution in [3.05, 3.63) is 28.2 Å². The van der Waals surface area contributed by atoms with Gasteiger partial charge in [0.05, 0.1) is 12.2 Å². The van der Waals surface area contributed by atoms with Crippen LogP contribution in [0.3, 0.4) is 0 Å². The smallest absolute Gasteiger partial charge is 0.247 e. The number of benzene rings is 1. The van der Waals surface area contributed by atoms with E-state index in [0.717, 1.165) is 10.4 Å². The van der Waals surface area contributed by atoms with Crippen LogP contribution in [0.1, 0.15) is 13.8 Å². The lowest BCUT2D eigenvalue weighted by Crippen LogP contribution is -2.48. The van der Waals surface area contributed by atoms with E-state index in [0.29, 0.717) is 6.07 Å². The van der Waals surface area contributed by atoms with Gasteiger partial charge in [-0.1, -0.05) is 0 Å². The molecule has 0 bridgehead atoms. The average molecular weight is 370 g/mol. The van der Waals surface area contributed by atoms with Gasteiger partial charge in [0.15, 0.2) is 0 Å². The molecule has 4 nitrogen and oxygen atoms in total. The number of morpholine rings is 1. The molecule has 1 aromatic carbocycles. The molecule has 0 saturated carbocycles. The molecule has 1 heterocycles. The van der Waals surface area contributed by atoms with Crippen molar-refractivity contribution in [2.24, 2.45) is 0 Å². The van der Waals surface area contributed by atoms with Gasteiger partial charge in [-0.05, 0) is 35.8 Å². The van der Waals surface area contributed by atoms with Crippen molar-refractivity contribution in [2.45, 2.75) is 31.0 Å². The van der Waals surface area contributed by atoms with Gasteiger partial charge < -0.3 is 4.74 Å². The van der Waals surface area contributed by atoms with Crippen molar-refractivity contribution in [1.82, 2.24) is 4.31 Å². The van der Waals surface area contributed by atoms with Crippen molar-refractivity contribution in [2.75, 3.05) is 13.1 Å². The van der Waals surface area contributed by atoms with Crippen LogP contribution in [0.15, 0.2) is 21.5 Å². The Kier molecular flexibility index (Phi) is 4.48. The molecule has 20 heavy (non-hydrogen) atoms. The normalized spacial score (nSPS) is 24.9. The highest BCUT2D eigenvalue weighted by Gasteiger charge is 2.35. The predicted octanol–water partition coefficient (Wildman–Crippen LogP) is 2.53. The monoisotopic (exact) mass is 369 g/mol. The number of nitrogens with zero attached hydrogens (tertiary/aromatic N) is 1. The minimum atomic E-state index is -4.04. The van der Waals surface area contributed by atoms with E-state index in [1.807, 2.05) is 0 Å². The minimum Gasteiger partial charge on any atom is -0.373 e. The summed E-state index contributed by atoms with van der Waals surface area (Å²) in [4.78, 5) is -0.541. The molecule has 112 valence electrons. The first kappa shape index (κ1) is 15.8. The second-order valence-corrected chi connectivity index (χ2v) is 7.51. The summed E-state index contributed by atoms with van der Waals surface area (Å²) < 4.78 is 58.4. The summed E-state index contributed by atoms with van der Waals surface area (Å²) in [5, 5.41) is 0. The van der Waals surface area contributed by atoms with Crippen molar-refractivity contribution >= 4 is 26.0 Å². The lowest BCUT2D eigenvalue weighted by Gasteiger charge is -2.34. The van der Waals surface area contributed by atoms with Crippen LogP contribution < -0.4 is 0 Å². The molecule has 0 amide bonds. The lowest BCUT2D eigenvalue weighted by molar-refractivity contribution is -0.0441. The highest BCUT2D eigenvalue weighted by molar-refractivity contribution is 9.10. The highest BCUT2D eigenvalue weighted by Crippen LogP contribution is 2.30. The third-order valence-electron chi connectivity index (χ3n) is 2.95. The maximum Gasteiger partial charge on any atom is 0.247 e. The van der Waals surface area contributed by atoms with Gasteiger partial charge in [0.25, 0.3) is 0 Å². The Hall–Kier alpha value is -0.570. The van der Waals surface area contributed by atoms with Crippen LogP contribution in [0.4, 0.5) is 8.78 Å². The molecule has 8 heteroatoms. The van der Waals surface area contributed by atoms with E-state index in [1.165, 1.54) is 0 Å². The summed E-state index contributed by atoms with van der Waals surface area (Å²) in [7, 11) is -4.04. The molecule has 1 aromatic rings.